The minimum Gasteiger partial charge on any atom is -0.468 e. The fraction of sp³-hybridized carbons (Fsp3) is 0.404. The second kappa shape index (κ2) is 17.9. The monoisotopic (exact) mass is 916 g/mol. The number of carbonyl (C=O) groups excluding carboxylic acids is 2. The Balaban J connectivity index is 0.000000149. The molecule has 9 rings (SSSR count). The molecular weight excluding hydrogens is 863 g/mol. The van der Waals surface area contributed by atoms with Crippen molar-refractivity contribution < 1.29 is 28.4 Å². The number of aryl methyl sites for hydroxylation is 6. The van der Waals surface area contributed by atoms with E-state index in [1.807, 2.05) is 59.9 Å². The number of nitrogens with zero attached hydrogens (tertiary/aromatic N) is 8. The van der Waals surface area contributed by atoms with Gasteiger partial charge in [0.1, 0.15) is 23.3 Å². The Bertz CT molecular complexity index is 2680. The minimum absolute atomic E-state index is 0.0835. The number of halogens is 1. The molecule has 0 radical (unpaired) electrons. The first-order chi connectivity index (χ1) is 29.8. The molecule has 1 atom stereocenters. The Kier molecular flexibility index (Phi) is 12.9. The van der Waals surface area contributed by atoms with E-state index in [-0.39, 0.29) is 30.8 Å². The van der Waals surface area contributed by atoms with E-state index in [2.05, 4.69) is 113 Å². The normalized spacial score (nSPS) is 15.9. The van der Waals surface area contributed by atoms with Crippen LogP contribution in [0.25, 0.3) is 22.5 Å². The lowest BCUT2D eigenvalue weighted by atomic mass is 9.77. The number of rotatable bonds is 6. The number of carbonyl (C=O) groups is 2. The number of methoxy groups -OCH3 is 2. The summed E-state index contributed by atoms with van der Waals surface area (Å²) in [5, 5.41) is 16.9. The molecule has 0 saturated carbocycles. The Morgan fingerprint density at radius 3 is 1.76 bits per heavy atom. The van der Waals surface area contributed by atoms with E-state index in [0.717, 1.165) is 86.9 Å². The van der Waals surface area contributed by atoms with Crippen LogP contribution in [0.3, 0.4) is 0 Å². The van der Waals surface area contributed by atoms with Gasteiger partial charge in [0, 0.05) is 47.7 Å². The van der Waals surface area contributed by atoms with E-state index >= 15 is 0 Å². The number of benzene rings is 2. The van der Waals surface area contributed by atoms with E-state index in [9.17, 15) is 9.59 Å². The number of esters is 2. The van der Waals surface area contributed by atoms with Crippen LogP contribution in [0.5, 0.6) is 0 Å². The van der Waals surface area contributed by atoms with E-state index in [4.69, 9.17) is 18.8 Å². The Morgan fingerprint density at radius 2 is 1.24 bits per heavy atom. The first kappa shape index (κ1) is 45.4. The van der Waals surface area contributed by atoms with Crippen molar-refractivity contribution in [2.75, 3.05) is 14.2 Å². The summed E-state index contributed by atoms with van der Waals surface area (Å²) in [7, 11) is 2.51. The number of hydrogen-bond acceptors (Lipinski definition) is 12. The molecule has 7 heterocycles. The zero-order chi connectivity index (χ0) is 45.4. The molecular formula is C47H54BBrN8O6. The molecule has 0 amide bonds. The lowest BCUT2D eigenvalue weighted by Crippen LogP contribution is -2.35. The van der Waals surface area contributed by atoms with Crippen molar-refractivity contribution in [1.82, 2.24) is 39.5 Å². The maximum Gasteiger partial charge on any atom is 0.494 e. The van der Waals surface area contributed by atoms with Gasteiger partial charge in [-0.05, 0) is 155 Å². The van der Waals surface area contributed by atoms with E-state index in [1.165, 1.54) is 31.0 Å². The van der Waals surface area contributed by atoms with Crippen LogP contribution in [0, 0.1) is 13.8 Å². The van der Waals surface area contributed by atoms with E-state index in [0.29, 0.717) is 0 Å². The van der Waals surface area contributed by atoms with Gasteiger partial charge in [-0.1, -0.05) is 18.2 Å². The van der Waals surface area contributed by atoms with Gasteiger partial charge in [-0.15, -0.1) is 20.4 Å². The van der Waals surface area contributed by atoms with Crippen LogP contribution in [0.15, 0.2) is 77.8 Å². The molecule has 14 nitrogen and oxygen atoms in total. The van der Waals surface area contributed by atoms with Crippen molar-refractivity contribution in [2.24, 2.45) is 0 Å². The fourth-order valence-corrected chi connectivity index (χ4v) is 8.31. The standard InChI is InChI=1S/C21H22N4O2.C16H20BN3O2.C10H12BrNO2/c1-13-23-24-19-8-6-15-9-14(5-7-18(15)25(13)19)16-10-17(12-22-11-16)21(2,3)20(26)27-4;1-10-16(3,4)22-17(21-10)13-6-7-14-12(9-13)5-8-15-19-18-11(2)20(14)15;1-10(2,9(13)14-3)7-4-8(11)6-12-5-7/h5,7,9-12H,6,8H2,1-4H3;6-7,9-10H,5,8H2,1-4H3;4-6H,1-3H3. The quantitative estimate of drug-likeness (QED) is 0.124. The SMILES string of the molecule is COC(=O)C(C)(C)c1cncc(-c2ccc3c(c2)CCc2nnc(C)n2-3)c1.COC(=O)C(C)(C)c1cncc(Br)c1.Cc1nnc2n1-c1ccc(B3OC(C)C(C)(C)O3)cc1CC2. The molecule has 1 saturated heterocycles. The highest BCUT2D eigenvalue weighted by Gasteiger charge is 2.44. The number of aromatic nitrogens is 8. The summed E-state index contributed by atoms with van der Waals surface area (Å²) in [6.07, 6.45) is 10.7. The predicted molar refractivity (Wildman–Crippen MR) is 243 cm³/mol. The molecule has 0 N–H and O–H groups in total. The van der Waals surface area contributed by atoms with Crippen molar-refractivity contribution in [3.8, 4) is 22.5 Å². The third-order valence-corrected chi connectivity index (χ3v) is 12.7. The summed E-state index contributed by atoms with van der Waals surface area (Å²) < 4.78 is 26.8. The van der Waals surface area contributed by atoms with Crippen molar-refractivity contribution in [1.29, 1.82) is 0 Å². The summed E-state index contributed by atoms with van der Waals surface area (Å²) >= 11 is 3.31. The van der Waals surface area contributed by atoms with Crippen molar-refractivity contribution >= 4 is 40.4 Å². The van der Waals surface area contributed by atoms with Crippen LogP contribution < -0.4 is 5.46 Å². The van der Waals surface area contributed by atoms with Gasteiger partial charge in [0.2, 0.25) is 0 Å². The average Bonchev–Trinajstić information content (AvgIpc) is 3.95. The molecule has 1 unspecified atom stereocenters. The summed E-state index contributed by atoms with van der Waals surface area (Å²) in [5.74, 6) is 3.35. The third-order valence-electron chi connectivity index (χ3n) is 12.3. The topological polar surface area (TPSA) is 158 Å². The lowest BCUT2D eigenvalue weighted by Gasteiger charge is -2.22. The zero-order valence-electron chi connectivity index (χ0n) is 37.8. The van der Waals surface area contributed by atoms with Gasteiger partial charge < -0.3 is 18.8 Å². The number of pyridine rings is 2. The average molecular weight is 918 g/mol. The van der Waals surface area contributed by atoms with Crippen LogP contribution in [0.4, 0.5) is 0 Å². The van der Waals surface area contributed by atoms with Crippen LogP contribution in [0.1, 0.15) is 94.0 Å². The summed E-state index contributed by atoms with van der Waals surface area (Å²) in [6, 6.07) is 16.7. The molecule has 3 aliphatic rings. The maximum absolute atomic E-state index is 12.1. The molecule has 328 valence electrons. The molecule has 6 aromatic rings. The van der Waals surface area contributed by atoms with Crippen molar-refractivity contribution in [3.05, 3.63) is 123 Å². The number of ether oxygens (including phenoxy) is 2. The highest BCUT2D eigenvalue weighted by atomic mass is 79.9. The molecule has 3 aliphatic heterocycles. The van der Waals surface area contributed by atoms with Crippen LogP contribution in [-0.4, -0.2) is 84.5 Å². The van der Waals surface area contributed by atoms with E-state index < -0.39 is 10.8 Å². The second-order valence-electron chi connectivity index (χ2n) is 17.6. The predicted octanol–water partition coefficient (Wildman–Crippen LogP) is 7.07. The minimum atomic E-state index is -0.750. The summed E-state index contributed by atoms with van der Waals surface area (Å²) in [5.41, 5.74) is 8.05. The zero-order valence-corrected chi connectivity index (χ0v) is 39.4. The molecule has 1 fully saturated rings. The van der Waals surface area contributed by atoms with Gasteiger partial charge >= 0.3 is 19.1 Å². The van der Waals surface area contributed by atoms with Gasteiger partial charge in [0.05, 0.1) is 48.1 Å². The fourth-order valence-electron chi connectivity index (χ4n) is 7.94. The molecule has 0 bridgehead atoms. The number of fused-ring (bicyclic) bond motifs is 6. The molecule has 2 aromatic carbocycles. The maximum atomic E-state index is 12.1. The van der Waals surface area contributed by atoms with Crippen LogP contribution >= 0.6 is 15.9 Å². The first-order valence-corrected chi connectivity index (χ1v) is 21.8. The summed E-state index contributed by atoms with van der Waals surface area (Å²) in [4.78, 5) is 32.0. The van der Waals surface area contributed by atoms with Gasteiger partial charge in [0.25, 0.3) is 0 Å². The third kappa shape index (κ3) is 9.11. The second-order valence-corrected chi connectivity index (χ2v) is 18.6. The highest BCUT2D eigenvalue weighted by Crippen LogP contribution is 2.33. The molecule has 63 heavy (non-hydrogen) atoms. The Morgan fingerprint density at radius 1 is 0.714 bits per heavy atom. The van der Waals surface area contributed by atoms with Crippen molar-refractivity contribution in [3.63, 3.8) is 0 Å². The molecule has 16 heteroatoms. The van der Waals surface area contributed by atoms with Gasteiger partial charge in [-0.2, -0.15) is 0 Å². The summed E-state index contributed by atoms with van der Waals surface area (Å²) in [6.45, 7) is 17.5. The first-order valence-electron chi connectivity index (χ1n) is 21.0. The lowest BCUT2D eigenvalue weighted by molar-refractivity contribution is -0.147. The molecule has 0 aliphatic carbocycles. The van der Waals surface area contributed by atoms with Gasteiger partial charge in [0.15, 0.2) is 0 Å². The largest absolute Gasteiger partial charge is 0.494 e. The van der Waals surface area contributed by atoms with Gasteiger partial charge in [-0.25, -0.2) is 0 Å². The van der Waals surface area contributed by atoms with Crippen LogP contribution in [-0.2, 0) is 64.9 Å². The Hall–Kier alpha value is -5.58. The Labute approximate surface area is 377 Å². The number of hydrogen-bond donors (Lipinski definition) is 0. The van der Waals surface area contributed by atoms with Crippen molar-refractivity contribution in [2.45, 2.75) is 111 Å². The van der Waals surface area contributed by atoms with Gasteiger partial charge in [-0.3, -0.25) is 28.7 Å². The molecule has 0 spiro atoms. The molecule has 4 aromatic heterocycles. The highest BCUT2D eigenvalue weighted by molar-refractivity contribution is 9.10. The van der Waals surface area contributed by atoms with E-state index in [1.54, 1.807) is 18.6 Å². The smallest absolute Gasteiger partial charge is 0.468 e. The van der Waals surface area contributed by atoms with Crippen LogP contribution in [0.2, 0.25) is 0 Å².